The molecule has 0 aliphatic carbocycles. The number of hydrogen-bond acceptors (Lipinski definition) is 7. The van der Waals surface area contributed by atoms with Crippen LogP contribution in [0.2, 0.25) is 0 Å². The Morgan fingerprint density at radius 3 is 2.55 bits per heavy atom. The average Bonchev–Trinajstić information content (AvgIpc) is 3.01. The summed E-state index contributed by atoms with van der Waals surface area (Å²) in [5.41, 5.74) is 0. The molecule has 9 heteroatoms. The summed E-state index contributed by atoms with van der Waals surface area (Å²) in [4.78, 5) is 23.9. The Morgan fingerprint density at radius 1 is 1.18 bits per heavy atom. The van der Waals surface area contributed by atoms with E-state index < -0.39 is 16.6 Å². The van der Waals surface area contributed by atoms with Gasteiger partial charge in [0.2, 0.25) is 0 Å². The molecule has 0 amide bonds. The second kappa shape index (κ2) is 6.14. The van der Waals surface area contributed by atoms with Crippen molar-refractivity contribution in [3.63, 3.8) is 0 Å². The molecule has 1 saturated heterocycles. The summed E-state index contributed by atoms with van der Waals surface area (Å²) in [5, 5.41) is 14.7. The van der Waals surface area contributed by atoms with E-state index in [-0.39, 0.29) is 11.7 Å². The van der Waals surface area contributed by atoms with E-state index in [1.807, 2.05) is 0 Å². The first kappa shape index (κ1) is 14.5. The van der Waals surface area contributed by atoms with Crippen molar-refractivity contribution in [2.45, 2.75) is 32.4 Å². The topological polar surface area (TPSA) is 108 Å². The summed E-state index contributed by atoms with van der Waals surface area (Å²) >= 11 is 0. The van der Waals surface area contributed by atoms with Crippen LogP contribution in [0.1, 0.15) is 25.7 Å². The second-order valence-electron chi connectivity index (χ2n) is 5.24. The summed E-state index contributed by atoms with van der Waals surface area (Å²) in [6.45, 7) is 2.19. The maximum absolute atomic E-state index is 11.8. The van der Waals surface area contributed by atoms with Gasteiger partial charge in [-0.15, -0.1) is 5.10 Å². The maximum atomic E-state index is 11.8. The van der Waals surface area contributed by atoms with Crippen LogP contribution in [0.3, 0.4) is 0 Å². The van der Waals surface area contributed by atoms with Crippen LogP contribution in [0.25, 0.3) is 11.7 Å². The molecule has 0 bridgehead atoms. The predicted octanol–water partition coefficient (Wildman–Crippen LogP) is 1.84. The van der Waals surface area contributed by atoms with Crippen LogP contribution >= 0.6 is 0 Å². The minimum absolute atomic E-state index is 0.0482. The van der Waals surface area contributed by atoms with Crippen LogP contribution in [0.5, 0.6) is 0 Å². The molecule has 118 valence electrons. The van der Waals surface area contributed by atoms with Crippen LogP contribution in [-0.2, 0) is 6.67 Å². The van der Waals surface area contributed by atoms with Crippen molar-refractivity contribution in [3.05, 3.63) is 32.8 Å². The van der Waals surface area contributed by atoms with E-state index in [9.17, 15) is 14.9 Å². The zero-order valence-corrected chi connectivity index (χ0v) is 11.9. The lowest BCUT2D eigenvalue weighted by Crippen LogP contribution is -2.32. The van der Waals surface area contributed by atoms with E-state index in [4.69, 9.17) is 8.83 Å². The summed E-state index contributed by atoms with van der Waals surface area (Å²) < 4.78 is 11.2. The van der Waals surface area contributed by atoms with Gasteiger partial charge in [0.15, 0.2) is 5.76 Å². The van der Waals surface area contributed by atoms with Gasteiger partial charge in [-0.3, -0.25) is 15.0 Å². The average molecular weight is 308 g/mol. The molecule has 3 rings (SSSR count). The van der Waals surface area contributed by atoms with Crippen LogP contribution < -0.4 is 5.76 Å². The standard InChI is InChI=1S/C13H16N4O5/c18-13-16(9-15-7-3-1-2-4-8-15)14-12(22-13)10-5-6-11(21-10)17(19)20/h5-6H,1-4,7-9H2. The Bertz CT molecular complexity index is 708. The van der Waals surface area contributed by atoms with Gasteiger partial charge >= 0.3 is 11.6 Å². The van der Waals surface area contributed by atoms with Crippen LogP contribution in [0, 0.1) is 10.1 Å². The molecular formula is C13H16N4O5. The van der Waals surface area contributed by atoms with Crippen molar-refractivity contribution in [2.75, 3.05) is 13.1 Å². The largest absolute Gasteiger partial charge is 0.438 e. The molecule has 2 aromatic rings. The fourth-order valence-electron chi connectivity index (χ4n) is 2.50. The third kappa shape index (κ3) is 3.08. The van der Waals surface area contributed by atoms with E-state index in [2.05, 4.69) is 10.00 Å². The van der Waals surface area contributed by atoms with E-state index in [0.717, 1.165) is 25.9 Å². The molecule has 3 heterocycles. The van der Waals surface area contributed by atoms with E-state index in [1.54, 1.807) is 0 Å². The molecular weight excluding hydrogens is 292 g/mol. The molecule has 22 heavy (non-hydrogen) atoms. The molecule has 0 spiro atoms. The molecule has 9 nitrogen and oxygen atoms in total. The highest BCUT2D eigenvalue weighted by Crippen LogP contribution is 2.23. The van der Waals surface area contributed by atoms with Crippen molar-refractivity contribution in [2.24, 2.45) is 0 Å². The minimum Gasteiger partial charge on any atom is -0.395 e. The van der Waals surface area contributed by atoms with Gasteiger partial charge in [-0.05, 0) is 32.0 Å². The number of furan rings is 1. The lowest BCUT2D eigenvalue weighted by Gasteiger charge is -2.17. The van der Waals surface area contributed by atoms with Crippen LogP contribution in [0.4, 0.5) is 5.88 Å². The fraction of sp³-hybridized carbons (Fsp3) is 0.538. The monoisotopic (exact) mass is 308 g/mol. The van der Waals surface area contributed by atoms with E-state index >= 15 is 0 Å². The molecule has 0 N–H and O–H groups in total. The van der Waals surface area contributed by atoms with Gasteiger partial charge in [0.1, 0.15) is 11.6 Å². The van der Waals surface area contributed by atoms with Gasteiger partial charge in [-0.25, -0.2) is 4.79 Å². The molecule has 1 aliphatic rings. The van der Waals surface area contributed by atoms with Gasteiger partial charge in [0.25, 0.3) is 5.89 Å². The highest BCUT2D eigenvalue weighted by molar-refractivity contribution is 5.45. The third-order valence-electron chi connectivity index (χ3n) is 3.62. The SMILES string of the molecule is O=c1oc(-c2ccc([N+](=O)[O-])o2)nn1CN1CCCCCC1. The third-order valence-corrected chi connectivity index (χ3v) is 3.62. The molecule has 0 aromatic carbocycles. The van der Waals surface area contributed by atoms with E-state index in [0.29, 0.717) is 6.67 Å². The van der Waals surface area contributed by atoms with Gasteiger partial charge in [0, 0.05) is 0 Å². The fourth-order valence-corrected chi connectivity index (χ4v) is 2.50. The van der Waals surface area contributed by atoms with Crippen molar-refractivity contribution in [3.8, 4) is 11.7 Å². The Balaban J connectivity index is 1.77. The van der Waals surface area contributed by atoms with Gasteiger partial charge in [-0.1, -0.05) is 12.8 Å². The number of aromatic nitrogens is 2. The van der Waals surface area contributed by atoms with Crippen molar-refractivity contribution < 1.29 is 13.8 Å². The number of likely N-dealkylation sites (tertiary alicyclic amines) is 1. The van der Waals surface area contributed by atoms with Crippen molar-refractivity contribution in [1.29, 1.82) is 0 Å². The lowest BCUT2D eigenvalue weighted by atomic mass is 10.2. The Labute approximate surface area is 125 Å². The Kier molecular flexibility index (Phi) is 4.05. The predicted molar refractivity (Wildman–Crippen MR) is 75.2 cm³/mol. The lowest BCUT2D eigenvalue weighted by molar-refractivity contribution is -0.401. The summed E-state index contributed by atoms with van der Waals surface area (Å²) in [5.74, 6) is -0.996. The molecule has 2 aromatic heterocycles. The number of hydrogen-bond donors (Lipinski definition) is 0. The van der Waals surface area contributed by atoms with Gasteiger partial charge < -0.3 is 8.83 Å². The molecule has 0 radical (unpaired) electrons. The zero-order valence-electron chi connectivity index (χ0n) is 11.9. The Morgan fingerprint density at radius 2 is 1.91 bits per heavy atom. The molecule has 0 atom stereocenters. The second-order valence-corrected chi connectivity index (χ2v) is 5.24. The molecule has 0 unspecified atom stereocenters. The smallest absolute Gasteiger partial charge is 0.395 e. The maximum Gasteiger partial charge on any atom is 0.438 e. The van der Waals surface area contributed by atoms with Crippen molar-refractivity contribution in [1.82, 2.24) is 14.7 Å². The first-order valence-corrected chi connectivity index (χ1v) is 7.18. The van der Waals surface area contributed by atoms with Crippen LogP contribution in [0.15, 0.2) is 25.8 Å². The highest BCUT2D eigenvalue weighted by atomic mass is 16.6. The summed E-state index contributed by atoms with van der Waals surface area (Å²) in [6.07, 6.45) is 4.60. The van der Waals surface area contributed by atoms with Crippen molar-refractivity contribution >= 4 is 5.88 Å². The normalized spacial score (nSPS) is 16.5. The van der Waals surface area contributed by atoms with E-state index in [1.165, 1.54) is 29.7 Å². The number of nitro groups is 1. The van der Waals surface area contributed by atoms with Gasteiger partial charge in [-0.2, -0.15) is 4.68 Å². The quantitative estimate of drug-likeness (QED) is 0.626. The first-order valence-electron chi connectivity index (χ1n) is 7.18. The van der Waals surface area contributed by atoms with Crippen LogP contribution in [-0.4, -0.2) is 32.7 Å². The zero-order chi connectivity index (χ0) is 15.5. The number of nitrogens with zero attached hydrogens (tertiary/aromatic N) is 4. The molecule has 0 saturated carbocycles. The summed E-state index contributed by atoms with van der Waals surface area (Å²) in [6, 6.07) is 2.56. The Hall–Kier alpha value is -2.42. The highest BCUT2D eigenvalue weighted by Gasteiger charge is 2.19. The minimum atomic E-state index is -0.657. The summed E-state index contributed by atoms with van der Waals surface area (Å²) in [7, 11) is 0. The number of rotatable bonds is 4. The van der Waals surface area contributed by atoms with Gasteiger partial charge in [0.05, 0.1) is 6.07 Å². The molecule has 1 aliphatic heterocycles. The molecule has 1 fully saturated rings. The first-order chi connectivity index (χ1) is 10.6.